The van der Waals surface area contributed by atoms with Crippen molar-refractivity contribution in [3.8, 4) is 0 Å². The van der Waals surface area contributed by atoms with Crippen LogP contribution < -0.4 is 21.7 Å². The van der Waals surface area contributed by atoms with Crippen LogP contribution in [0.15, 0.2) is 12.5 Å². The van der Waals surface area contributed by atoms with Crippen LogP contribution in [0.3, 0.4) is 0 Å². The van der Waals surface area contributed by atoms with Gasteiger partial charge in [-0.05, 0) is 5.92 Å². The Labute approximate surface area is 193 Å². The Morgan fingerprint density at radius 3 is 1.94 bits per heavy atom. The summed E-state index contributed by atoms with van der Waals surface area (Å²) in [5.74, 6) is -7.67. The van der Waals surface area contributed by atoms with Crippen LogP contribution in [-0.2, 0) is 35.2 Å². The molecule has 0 radical (unpaired) electrons. The molecule has 1 aromatic heterocycles. The highest BCUT2D eigenvalue weighted by atomic mass is 16.4. The van der Waals surface area contributed by atoms with Crippen molar-refractivity contribution in [3.05, 3.63) is 18.2 Å². The molecule has 0 saturated carbocycles. The number of aliphatic carboxylic acids is 3. The Morgan fingerprint density at radius 1 is 0.912 bits per heavy atom. The monoisotopic (exact) mass is 484 g/mol. The molecule has 4 unspecified atom stereocenters. The smallest absolute Gasteiger partial charge is 0.326 e. The fourth-order valence-corrected chi connectivity index (χ4v) is 2.81. The van der Waals surface area contributed by atoms with Gasteiger partial charge in [0.1, 0.15) is 18.1 Å². The van der Waals surface area contributed by atoms with Gasteiger partial charge in [-0.25, -0.2) is 9.78 Å². The predicted octanol–water partition coefficient (Wildman–Crippen LogP) is -2.58. The molecule has 34 heavy (non-hydrogen) atoms. The van der Waals surface area contributed by atoms with Crippen LogP contribution in [0, 0.1) is 5.92 Å². The first-order valence-electron chi connectivity index (χ1n) is 10.1. The quantitative estimate of drug-likeness (QED) is 0.136. The molecule has 1 aromatic rings. The normalized spacial score (nSPS) is 14.4. The molecule has 1 heterocycles. The summed E-state index contributed by atoms with van der Waals surface area (Å²) < 4.78 is 0. The zero-order valence-electron chi connectivity index (χ0n) is 18.5. The van der Waals surface area contributed by atoms with Crippen molar-refractivity contribution in [2.75, 3.05) is 0 Å². The molecule has 15 nitrogen and oxygen atoms in total. The van der Waals surface area contributed by atoms with Gasteiger partial charge in [-0.3, -0.25) is 24.0 Å². The summed E-state index contributed by atoms with van der Waals surface area (Å²) in [6.45, 7) is 3.06. The highest BCUT2D eigenvalue weighted by molar-refractivity contribution is 5.96. The van der Waals surface area contributed by atoms with E-state index >= 15 is 0 Å². The molecular formula is C19H28N6O9. The molecule has 4 atom stereocenters. The zero-order chi connectivity index (χ0) is 26.0. The Kier molecular flexibility index (Phi) is 10.6. The lowest BCUT2D eigenvalue weighted by atomic mass is 10.0. The molecule has 0 aromatic carbocycles. The van der Waals surface area contributed by atoms with E-state index in [1.165, 1.54) is 26.4 Å². The topological polar surface area (TPSA) is 254 Å². The number of rotatable bonds is 14. The van der Waals surface area contributed by atoms with Crippen molar-refractivity contribution in [1.29, 1.82) is 0 Å². The Morgan fingerprint density at radius 2 is 1.47 bits per heavy atom. The van der Waals surface area contributed by atoms with Gasteiger partial charge in [-0.15, -0.1) is 0 Å². The molecule has 0 bridgehead atoms. The first kappa shape index (κ1) is 28.0. The van der Waals surface area contributed by atoms with Crippen LogP contribution in [0.2, 0.25) is 0 Å². The van der Waals surface area contributed by atoms with E-state index in [1.807, 2.05) is 0 Å². The van der Waals surface area contributed by atoms with Gasteiger partial charge in [-0.1, -0.05) is 13.8 Å². The third-order valence-corrected chi connectivity index (χ3v) is 4.59. The van der Waals surface area contributed by atoms with E-state index in [-0.39, 0.29) is 6.42 Å². The van der Waals surface area contributed by atoms with Crippen molar-refractivity contribution >= 4 is 35.6 Å². The number of aromatic nitrogens is 2. The SMILES string of the molecule is CC(C)C(NC(=O)C(CC(=O)O)NC(=O)C(Cc1cnc[nH]1)NC(=O)C(N)CC(=O)O)C(=O)O. The van der Waals surface area contributed by atoms with Gasteiger partial charge in [0.25, 0.3) is 0 Å². The molecular weight excluding hydrogens is 456 g/mol. The first-order valence-corrected chi connectivity index (χ1v) is 10.1. The summed E-state index contributed by atoms with van der Waals surface area (Å²) in [4.78, 5) is 77.6. The van der Waals surface area contributed by atoms with Gasteiger partial charge < -0.3 is 42.0 Å². The van der Waals surface area contributed by atoms with Crippen LogP contribution in [0.25, 0.3) is 0 Å². The van der Waals surface area contributed by atoms with Crippen molar-refractivity contribution in [1.82, 2.24) is 25.9 Å². The number of carboxylic acids is 3. The molecule has 3 amide bonds. The highest BCUT2D eigenvalue weighted by Gasteiger charge is 2.33. The molecule has 0 saturated heterocycles. The fourth-order valence-electron chi connectivity index (χ4n) is 2.81. The van der Waals surface area contributed by atoms with Gasteiger partial charge in [-0.2, -0.15) is 0 Å². The molecule has 1 rings (SSSR count). The molecule has 9 N–H and O–H groups in total. The van der Waals surface area contributed by atoms with Crippen molar-refractivity contribution < 1.29 is 44.1 Å². The molecule has 0 aliphatic rings. The van der Waals surface area contributed by atoms with E-state index in [9.17, 15) is 33.9 Å². The van der Waals surface area contributed by atoms with E-state index < -0.39 is 78.6 Å². The minimum Gasteiger partial charge on any atom is -0.481 e. The summed E-state index contributed by atoms with van der Waals surface area (Å²) in [6, 6.07) is -5.87. The van der Waals surface area contributed by atoms with Crippen molar-refractivity contribution in [2.24, 2.45) is 11.7 Å². The number of nitrogens with zero attached hydrogens (tertiary/aromatic N) is 1. The number of carboxylic acid groups (broad SMARTS) is 3. The minimum atomic E-state index is -1.67. The Balaban J connectivity index is 3.07. The molecule has 0 aliphatic heterocycles. The summed E-state index contributed by atoms with van der Waals surface area (Å²) in [6.07, 6.45) is 0.903. The molecule has 0 spiro atoms. The van der Waals surface area contributed by atoms with Gasteiger partial charge >= 0.3 is 17.9 Å². The van der Waals surface area contributed by atoms with Crippen LogP contribution in [0.1, 0.15) is 32.4 Å². The van der Waals surface area contributed by atoms with E-state index in [4.69, 9.17) is 15.9 Å². The Bertz CT molecular complexity index is 902. The lowest BCUT2D eigenvalue weighted by Gasteiger charge is -2.25. The average Bonchev–Trinajstić information content (AvgIpc) is 3.22. The number of H-pyrrole nitrogens is 1. The summed E-state index contributed by atoms with van der Waals surface area (Å²) in [5.41, 5.74) is 5.91. The number of aromatic amines is 1. The van der Waals surface area contributed by atoms with Crippen LogP contribution in [-0.4, -0.2) is 85.1 Å². The van der Waals surface area contributed by atoms with E-state index in [0.717, 1.165) is 0 Å². The number of amides is 3. The lowest BCUT2D eigenvalue weighted by Crippen LogP contribution is -2.58. The molecule has 15 heteroatoms. The Hall–Kier alpha value is -4.01. The maximum absolute atomic E-state index is 12.9. The number of carbonyl (C=O) groups excluding carboxylic acids is 3. The minimum absolute atomic E-state index is 0.178. The van der Waals surface area contributed by atoms with E-state index in [2.05, 4.69) is 25.9 Å². The lowest BCUT2D eigenvalue weighted by molar-refractivity contribution is -0.144. The molecule has 0 aliphatic carbocycles. The molecule has 188 valence electrons. The van der Waals surface area contributed by atoms with Crippen molar-refractivity contribution in [2.45, 2.75) is 57.3 Å². The van der Waals surface area contributed by atoms with Crippen molar-refractivity contribution in [3.63, 3.8) is 0 Å². The number of carbonyl (C=O) groups is 6. The second-order valence-corrected chi connectivity index (χ2v) is 7.77. The first-order chi connectivity index (χ1) is 15.8. The maximum atomic E-state index is 12.9. The zero-order valence-corrected chi connectivity index (χ0v) is 18.5. The van der Waals surface area contributed by atoms with Gasteiger partial charge in [0.15, 0.2) is 0 Å². The third kappa shape index (κ3) is 9.23. The number of nitrogens with two attached hydrogens (primary N) is 1. The van der Waals surface area contributed by atoms with Crippen LogP contribution >= 0.6 is 0 Å². The second kappa shape index (κ2) is 12.9. The van der Waals surface area contributed by atoms with Crippen LogP contribution in [0.5, 0.6) is 0 Å². The summed E-state index contributed by atoms with van der Waals surface area (Å²) in [7, 11) is 0. The van der Waals surface area contributed by atoms with Gasteiger partial charge in [0.2, 0.25) is 17.7 Å². The largest absolute Gasteiger partial charge is 0.481 e. The number of hydrogen-bond acceptors (Lipinski definition) is 8. The highest BCUT2D eigenvalue weighted by Crippen LogP contribution is 2.06. The average molecular weight is 484 g/mol. The second-order valence-electron chi connectivity index (χ2n) is 7.77. The standard InChI is InChI=1S/C19H28N6O9/c1-8(2)15(19(33)34)25-18(32)12(5-14(28)29)24-17(31)11(3-9-6-21-7-22-9)23-16(30)10(20)4-13(26)27/h6-8,10-12,15H,3-5,20H2,1-2H3,(H,21,22)(H,23,30)(H,24,31)(H,25,32)(H,26,27)(H,28,29)(H,33,34). The summed E-state index contributed by atoms with van der Waals surface area (Å²) in [5, 5.41) is 33.9. The summed E-state index contributed by atoms with van der Waals surface area (Å²) >= 11 is 0. The maximum Gasteiger partial charge on any atom is 0.326 e. The number of imidazole rings is 1. The van der Waals surface area contributed by atoms with Gasteiger partial charge in [0, 0.05) is 18.3 Å². The van der Waals surface area contributed by atoms with E-state index in [1.54, 1.807) is 0 Å². The number of nitrogens with one attached hydrogen (secondary N) is 4. The fraction of sp³-hybridized carbons (Fsp3) is 0.526. The van der Waals surface area contributed by atoms with Gasteiger partial charge in [0.05, 0.1) is 25.2 Å². The van der Waals surface area contributed by atoms with Crippen LogP contribution in [0.4, 0.5) is 0 Å². The predicted molar refractivity (Wildman–Crippen MR) is 113 cm³/mol. The van der Waals surface area contributed by atoms with E-state index in [0.29, 0.717) is 5.69 Å². The molecule has 0 fully saturated rings. The number of hydrogen-bond donors (Lipinski definition) is 8. The third-order valence-electron chi connectivity index (χ3n) is 4.59.